The molecule has 0 aliphatic heterocycles. The van der Waals surface area contributed by atoms with Crippen molar-refractivity contribution in [1.29, 1.82) is 0 Å². The van der Waals surface area contributed by atoms with Gasteiger partial charge in [-0.3, -0.25) is 0 Å². The van der Waals surface area contributed by atoms with E-state index in [1.165, 1.54) is 0 Å². The molecule has 2 aromatic carbocycles. The van der Waals surface area contributed by atoms with E-state index in [1.54, 1.807) is 6.92 Å². The first-order chi connectivity index (χ1) is 9.63. The standard InChI is InChI=1S/C18H18O2.ClH.H3N/c1-4-15-16(14-9-6-5-7-10-14)11-8-12-17(15)20-18(19)13(2)3;;/h5-12H,2,4H2,1,3H3;1H;1H3. The molecular formula is C18H22ClNO2. The highest BCUT2D eigenvalue weighted by molar-refractivity contribution is 5.89. The van der Waals surface area contributed by atoms with Crippen molar-refractivity contribution in [3.63, 3.8) is 0 Å². The molecule has 0 amide bonds. The number of benzene rings is 2. The zero-order valence-electron chi connectivity index (χ0n) is 13.0. The van der Waals surface area contributed by atoms with Gasteiger partial charge in [-0.15, -0.1) is 12.4 Å². The minimum Gasteiger partial charge on any atom is -0.423 e. The summed E-state index contributed by atoms with van der Waals surface area (Å²) in [5.74, 6) is 0.228. The molecule has 3 nitrogen and oxygen atoms in total. The van der Waals surface area contributed by atoms with Crippen LogP contribution in [0.25, 0.3) is 11.1 Å². The summed E-state index contributed by atoms with van der Waals surface area (Å²) in [4.78, 5) is 11.7. The van der Waals surface area contributed by atoms with E-state index in [-0.39, 0.29) is 24.5 Å². The summed E-state index contributed by atoms with van der Waals surface area (Å²) in [5, 5.41) is 0. The van der Waals surface area contributed by atoms with E-state index < -0.39 is 0 Å². The fraction of sp³-hybridized carbons (Fsp3) is 0.167. The highest BCUT2D eigenvalue weighted by atomic mass is 35.5. The molecule has 0 saturated carbocycles. The van der Waals surface area contributed by atoms with Crippen molar-refractivity contribution < 1.29 is 9.53 Å². The third kappa shape index (κ3) is 4.45. The van der Waals surface area contributed by atoms with E-state index in [0.29, 0.717) is 11.3 Å². The molecule has 0 heterocycles. The molecule has 0 aliphatic rings. The first kappa shape index (κ1) is 19.9. The van der Waals surface area contributed by atoms with Crippen LogP contribution in [-0.2, 0) is 11.2 Å². The van der Waals surface area contributed by atoms with E-state index >= 15 is 0 Å². The quantitative estimate of drug-likeness (QED) is 0.491. The Balaban J connectivity index is 0.00000220. The summed E-state index contributed by atoms with van der Waals surface area (Å²) in [5.41, 5.74) is 3.66. The molecule has 0 unspecified atom stereocenters. The SMILES string of the molecule is C=C(C)C(=O)Oc1cccc(-c2ccccc2)c1CC.Cl.N. The number of hydrogen-bond donors (Lipinski definition) is 1. The molecular weight excluding hydrogens is 298 g/mol. The largest absolute Gasteiger partial charge is 0.423 e. The smallest absolute Gasteiger partial charge is 0.338 e. The van der Waals surface area contributed by atoms with Crippen LogP contribution in [-0.4, -0.2) is 5.97 Å². The van der Waals surface area contributed by atoms with Gasteiger partial charge in [0.15, 0.2) is 0 Å². The zero-order valence-corrected chi connectivity index (χ0v) is 13.8. The highest BCUT2D eigenvalue weighted by Crippen LogP contribution is 2.31. The van der Waals surface area contributed by atoms with E-state index in [1.807, 2.05) is 36.4 Å². The van der Waals surface area contributed by atoms with Crippen molar-refractivity contribution in [2.24, 2.45) is 0 Å². The zero-order chi connectivity index (χ0) is 14.5. The van der Waals surface area contributed by atoms with Crippen LogP contribution in [0.4, 0.5) is 0 Å². The lowest BCUT2D eigenvalue weighted by Gasteiger charge is -2.13. The minimum absolute atomic E-state index is 0. The van der Waals surface area contributed by atoms with Gasteiger partial charge in [-0.2, -0.15) is 0 Å². The fourth-order valence-electron chi connectivity index (χ4n) is 2.10. The average molecular weight is 320 g/mol. The van der Waals surface area contributed by atoms with E-state index in [9.17, 15) is 4.79 Å². The maximum Gasteiger partial charge on any atom is 0.338 e. The molecule has 0 spiro atoms. The number of carbonyl (C=O) groups excluding carboxylic acids is 1. The van der Waals surface area contributed by atoms with Crippen LogP contribution in [0.5, 0.6) is 5.75 Å². The van der Waals surface area contributed by atoms with Gasteiger partial charge in [-0.25, -0.2) is 4.79 Å². The Bertz CT molecular complexity index is 639. The van der Waals surface area contributed by atoms with Crippen molar-refractivity contribution in [1.82, 2.24) is 6.15 Å². The Morgan fingerprint density at radius 2 is 1.73 bits per heavy atom. The first-order valence-corrected chi connectivity index (χ1v) is 6.68. The van der Waals surface area contributed by atoms with Gasteiger partial charge < -0.3 is 10.9 Å². The summed E-state index contributed by atoms with van der Waals surface area (Å²) < 4.78 is 5.42. The van der Waals surface area contributed by atoms with Crippen molar-refractivity contribution in [2.75, 3.05) is 0 Å². The molecule has 4 heteroatoms. The molecule has 0 saturated heterocycles. The van der Waals surface area contributed by atoms with E-state index in [2.05, 4.69) is 25.6 Å². The molecule has 3 N–H and O–H groups in total. The predicted molar refractivity (Wildman–Crippen MR) is 94.0 cm³/mol. The van der Waals surface area contributed by atoms with Gasteiger partial charge in [0.1, 0.15) is 5.75 Å². The molecule has 118 valence electrons. The van der Waals surface area contributed by atoms with Crippen molar-refractivity contribution in [3.05, 3.63) is 66.2 Å². The lowest BCUT2D eigenvalue weighted by Crippen LogP contribution is -2.10. The molecule has 0 fully saturated rings. The van der Waals surface area contributed by atoms with Gasteiger partial charge >= 0.3 is 5.97 Å². The van der Waals surface area contributed by atoms with Gasteiger partial charge in [0.05, 0.1) is 0 Å². The minimum atomic E-state index is -0.384. The van der Waals surface area contributed by atoms with Crippen LogP contribution in [0.1, 0.15) is 19.4 Å². The van der Waals surface area contributed by atoms with Crippen LogP contribution in [0, 0.1) is 0 Å². The van der Waals surface area contributed by atoms with Crippen molar-refractivity contribution in [3.8, 4) is 16.9 Å². The summed E-state index contributed by atoms with van der Waals surface area (Å²) in [7, 11) is 0. The van der Waals surface area contributed by atoms with Gasteiger partial charge in [0, 0.05) is 11.1 Å². The van der Waals surface area contributed by atoms with Crippen LogP contribution in [0.15, 0.2) is 60.7 Å². The van der Waals surface area contributed by atoms with Gasteiger partial charge in [0.25, 0.3) is 0 Å². The monoisotopic (exact) mass is 319 g/mol. The molecule has 2 aromatic rings. The first-order valence-electron chi connectivity index (χ1n) is 6.68. The molecule has 2 rings (SSSR count). The van der Waals surface area contributed by atoms with Gasteiger partial charge in [-0.1, -0.05) is 56.0 Å². The molecule has 0 atom stereocenters. The number of halogens is 1. The number of rotatable bonds is 4. The number of esters is 1. The Morgan fingerprint density at radius 3 is 2.27 bits per heavy atom. The second-order valence-corrected chi connectivity index (χ2v) is 4.67. The van der Waals surface area contributed by atoms with Crippen LogP contribution in [0.3, 0.4) is 0 Å². The molecule has 0 aliphatic carbocycles. The van der Waals surface area contributed by atoms with E-state index in [4.69, 9.17) is 4.74 Å². The van der Waals surface area contributed by atoms with Crippen molar-refractivity contribution >= 4 is 18.4 Å². The third-order valence-electron chi connectivity index (χ3n) is 3.12. The number of ether oxygens (including phenoxy) is 1. The van der Waals surface area contributed by atoms with Crippen LogP contribution in [0.2, 0.25) is 0 Å². The van der Waals surface area contributed by atoms with Crippen LogP contribution >= 0.6 is 12.4 Å². The van der Waals surface area contributed by atoms with Crippen molar-refractivity contribution in [2.45, 2.75) is 20.3 Å². The lowest BCUT2D eigenvalue weighted by atomic mass is 9.97. The molecule has 0 aromatic heterocycles. The second-order valence-electron chi connectivity index (χ2n) is 4.67. The second kappa shape index (κ2) is 9.03. The number of hydrogen-bond acceptors (Lipinski definition) is 3. The molecule has 0 radical (unpaired) electrons. The summed E-state index contributed by atoms with van der Waals surface area (Å²) in [6.45, 7) is 7.32. The Hall–Kier alpha value is -2.10. The van der Waals surface area contributed by atoms with Crippen LogP contribution < -0.4 is 10.9 Å². The summed E-state index contributed by atoms with van der Waals surface area (Å²) in [6, 6.07) is 15.9. The van der Waals surface area contributed by atoms with Gasteiger partial charge in [-0.05, 0) is 30.5 Å². The molecule has 0 bridgehead atoms. The predicted octanol–water partition coefficient (Wildman–Crippen LogP) is 4.98. The Morgan fingerprint density at radius 1 is 1.09 bits per heavy atom. The third-order valence-corrected chi connectivity index (χ3v) is 3.12. The Labute approximate surface area is 138 Å². The van der Waals surface area contributed by atoms with Gasteiger partial charge in [0.2, 0.25) is 0 Å². The fourth-order valence-corrected chi connectivity index (χ4v) is 2.10. The normalized spacial score (nSPS) is 9.18. The Kier molecular flexibility index (Phi) is 8.17. The topological polar surface area (TPSA) is 61.3 Å². The summed E-state index contributed by atoms with van der Waals surface area (Å²) in [6.07, 6.45) is 0.796. The maximum atomic E-state index is 11.7. The summed E-state index contributed by atoms with van der Waals surface area (Å²) >= 11 is 0. The maximum absolute atomic E-state index is 11.7. The van der Waals surface area contributed by atoms with E-state index in [0.717, 1.165) is 23.1 Å². The molecule has 22 heavy (non-hydrogen) atoms. The lowest BCUT2D eigenvalue weighted by molar-refractivity contribution is -0.130. The number of carbonyl (C=O) groups is 1. The highest BCUT2D eigenvalue weighted by Gasteiger charge is 2.13. The average Bonchev–Trinajstić information content (AvgIpc) is 2.47.